The smallest absolute Gasteiger partial charge is 0.313 e. The van der Waals surface area contributed by atoms with Gasteiger partial charge in [-0.05, 0) is 23.8 Å². The standard InChI is InChI=1S/C13H9ClFNO4/c14-9-2-1-3-11(16(18)19)13(9)20-12-5-4-8(7-17)6-10(12)15/h1-6,17H,7H2. The first-order valence-corrected chi connectivity index (χ1v) is 5.90. The van der Waals surface area contributed by atoms with Crippen molar-refractivity contribution in [2.75, 3.05) is 0 Å². The first-order valence-electron chi connectivity index (χ1n) is 5.53. The van der Waals surface area contributed by atoms with Crippen LogP contribution in [0.5, 0.6) is 11.5 Å². The SMILES string of the molecule is O=[N+]([O-])c1cccc(Cl)c1Oc1ccc(CO)cc1F. The lowest BCUT2D eigenvalue weighted by Gasteiger charge is -2.09. The van der Waals surface area contributed by atoms with Crippen LogP contribution in [0.15, 0.2) is 36.4 Å². The lowest BCUT2D eigenvalue weighted by atomic mass is 10.2. The molecule has 0 aliphatic heterocycles. The van der Waals surface area contributed by atoms with E-state index >= 15 is 0 Å². The fourth-order valence-corrected chi connectivity index (χ4v) is 1.79. The number of halogens is 2. The zero-order valence-electron chi connectivity index (χ0n) is 10.0. The maximum Gasteiger partial charge on any atom is 0.313 e. The Hall–Kier alpha value is -2.18. The molecule has 0 fully saturated rings. The summed E-state index contributed by atoms with van der Waals surface area (Å²) in [4.78, 5) is 10.2. The predicted molar refractivity (Wildman–Crippen MR) is 70.5 cm³/mol. The molecule has 0 bridgehead atoms. The average Bonchev–Trinajstić information content (AvgIpc) is 2.42. The molecular formula is C13H9ClFNO4. The van der Waals surface area contributed by atoms with E-state index in [4.69, 9.17) is 21.4 Å². The second-order valence-corrected chi connectivity index (χ2v) is 4.28. The molecule has 0 unspecified atom stereocenters. The van der Waals surface area contributed by atoms with Crippen LogP contribution in [-0.2, 0) is 6.61 Å². The fourth-order valence-electron chi connectivity index (χ4n) is 1.58. The molecule has 0 aliphatic rings. The van der Waals surface area contributed by atoms with Gasteiger partial charge < -0.3 is 9.84 Å². The molecule has 2 aromatic rings. The van der Waals surface area contributed by atoms with Gasteiger partial charge in [0.15, 0.2) is 11.6 Å². The third-order valence-electron chi connectivity index (χ3n) is 2.53. The minimum absolute atomic E-state index is 0.00448. The maximum absolute atomic E-state index is 13.7. The highest BCUT2D eigenvalue weighted by Crippen LogP contribution is 2.38. The van der Waals surface area contributed by atoms with Crippen LogP contribution in [0.3, 0.4) is 0 Å². The van der Waals surface area contributed by atoms with E-state index in [1.165, 1.54) is 30.3 Å². The molecule has 7 heteroatoms. The predicted octanol–water partition coefficient (Wildman–Crippen LogP) is 3.67. The van der Waals surface area contributed by atoms with Gasteiger partial charge in [0.2, 0.25) is 5.75 Å². The lowest BCUT2D eigenvalue weighted by molar-refractivity contribution is -0.385. The highest BCUT2D eigenvalue weighted by molar-refractivity contribution is 6.32. The Balaban J connectivity index is 2.42. The molecule has 2 rings (SSSR count). The summed E-state index contributed by atoms with van der Waals surface area (Å²) in [5.74, 6) is -1.18. The van der Waals surface area contributed by atoms with Crippen LogP contribution >= 0.6 is 11.6 Å². The molecule has 0 heterocycles. The zero-order valence-corrected chi connectivity index (χ0v) is 10.8. The molecule has 0 aliphatic carbocycles. The van der Waals surface area contributed by atoms with Gasteiger partial charge in [-0.15, -0.1) is 0 Å². The van der Waals surface area contributed by atoms with E-state index in [0.717, 1.165) is 6.07 Å². The number of ether oxygens (including phenoxy) is 1. The van der Waals surface area contributed by atoms with Crippen LogP contribution in [0.1, 0.15) is 5.56 Å². The highest BCUT2D eigenvalue weighted by Gasteiger charge is 2.20. The van der Waals surface area contributed by atoms with Gasteiger partial charge in [-0.25, -0.2) is 4.39 Å². The van der Waals surface area contributed by atoms with Gasteiger partial charge in [0.1, 0.15) is 0 Å². The topological polar surface area (TPSA) is 72.6 Å². The molecule has 0 atom stereocenters. The summed E-state index contributed by atoms with van der Waals surface area (Å²) in [6.45, 7) is -0.316. The molecule has 0 saturated heterocycles. The van der Waals surface area contributed by atoms with E-state index in [1.807, 2.05) is 0 Å². The summed E-state index contributed by atoms with van der Waals surface area (Å²) in [7, 11) is 0. The number of rotatable bonds is 4. The van der Waals surface area contributed by atoms with Gasteiger partial charge in [-0.1, -0.05) is 23.7 Å². The second-order valence-electron chi connectivity index (χ2n) is 3.87. The van der Waals surface area contributed by atoms with Crippen molar-refractivity contribution in [1.29, 1.82) is 0 Å². The molecule has 2 aromatic carbocycles. The number of benzene rings is 2. The van der Waals surface area contributed by atoms with E-state index in [-0.39, 0.29) is 28.8 Å². The number of aliphatic hydroxyl groups is 1. The van der Waals surface area contributed by atoms with Crippen LogP contribution in [-0.4, -0.2) is 10.0 Å². The number of hydrogen-bond acceptors (Lipinski definition) is 4. The lowest BCUT2D eigenvalue weighted by Crippen LogP contribution is -1.96. The first-order chi connectivity index (χ1) is 9.52. The maximum atomic E-state index is 13.7. The monoisotopic (exact) mass is 297 g/mol. The number of aliphatic hydroxyl groups excluding tert-OH is 1. The molecule has 1 N–H and O–H groups in total. The van der Waals surface area contributed by atoms with Crippen molar-refractivity contribution in [3.05, 3.63) is 62.9 Å². The minimum Gasteiger partial charge on any atom is -0.445 e. The second kappa shape index (κ2) is 5.85. The molecular weight excluding hydrogens is 289 g/mol. The summed E-state index contributed by atoms with van der Waals surface area (Å²) in [5.41, 5.74) is 0.00615. The van der Waals surface area contributed by atoms with E-state index < -0.39 is 10.7 Å². The Bertz CT molecular complexity index is 663. The van der Waals surface area contributed by atoms with Crippen molar-refractivity contribution in [2.45, 2.75) is 6.61 Å². The molecule has 0 radical (unpaired) electrons. The van der Waals surface area contributed by atoms with Gasteiger partial charge in [0.25, 0.3) is 0 Å². The van der Waals surface area contributed by atoms with Crippen molar-refractivity contribution >= 4 is 17.3 Å². The van der Waals surface area contributed by atoms with E-state index in [2.05, 4.69) is 0 Å². The third-order valence-corrected chi connectivity index (χ3v) is 2.83. The van der Waals surface area contributed by atoms with Crippen molar-refractivity contribution in [2.24, 2.45) is 0 Å². The van der Waals surface area contributed by atoms with Gasteiger partial charge >= 0.3 is 5.69 Å². The molecule has 0 spiro atoms. The van der Waals surface area contributed by atoms with Crippen LogP contribution in [0.4, 0.5) is 10.1 Å². The van der Waals surface area contributed by atoms with Gasteiger partial charge in [0, 0.05) is 6.07 Å². The Labute approximate surface area is 118 Å². The van der Waals surface area contributed by atoms with E-state index in [0.29, 0.717) is 5.56 Å². The molecule has 104 valence electrons. The molecule has 0 saturated carbocycles. The molecule has 20 heavy (non-hydrogen) atoms. The number of nitro groups is 1. The average molecular weight is 298 g/mol. The van der Waals surface area contributed by atoms with Gasteiger partial charge in [-0.3, -0.25) is 10.1 Å². The molecule has 0 amide bonds. The van der Waals surface area contributed by atoms with Crippen LogP contribution < -0.4 is 4.74 Å². The number of nitrogens with zero attached hydrogens (tertiary/aromatic N) is 1. The van der Waals surface area contributed by atoms with Crippen LogP contribution in [0.25, 0.3) is 0 Å². The molecule has 0 aromatic heterocycles. The van der Waals surface area contributed by atoms with Crippen molar-refractivity contribution in [3.8, 4) is 11.5 Å². The van der Waals surface area contributed by atoms with Crippen molar-refractivity contribution < 1.29 is 19.2 Å². The fraction of sp³-hybridized carbons (Fsp3) is 0.0769. The van der Waals surface area contributed by atoms with Crippen molar-refractivity contribution in [3.63, 3.8) is 0 Å². The molecule has 5 nitrogen and oxygen atoms in total. The summed E-state index contributed by atoms with van der Waals surface area (Å²) >= 11 is 5.84. The van der Waals surface area contributed by atoms with E-state index in [1.54, 1.807) is 0 Å². The largest absolute Gasteiger partial charge is 0.445 e. The first kappa shape index (κ1) is 14.2. The van der Waals surface area contributed by atoms with Crippen LogP contribution in [0, 0.1) is 15.9 Å². The van der Waals surface area contributed by atoms with Crippen molar-refractivity contribution in [1.82, 2.24) is 0 Å². The highest BCUT2D eigenvalue weighted by atomic mass is 35.5. The summed E-state index contributed by atoms with van der Waals surface area (Å²) in [6, 6.07) is 7.82. The van der Waals surface area contributed by atoms with E-state index in [9.17, 15) is 14.5 Å². The van der Waals surface area contributed by atoms with Gasteiger partial charge in [-0.2, -0.15) is 0 Å². The Kier molecular flexibility index (Phi) is 4.16. The minimum atomic E-state index is -0.745. The quantitative estimate of drug-likeness (QED) is 0.690. The zero-order chi connectivity index (χ0) is 14.7. The Morgan fingerprint density at radius 1 is 1.35 bits per heavy atom. The Morgan fingerprint density at radius 2 is 2.10 bits per heavy atom. The summed E-state index contributed by atoms with van der Waals surface area (Å²) in [5, 5.41) is 19.8. The van der Waals surface area contributed by atoms with Gasteiger partial charge in [0.05, 0.1) is 16.6 Å². The van der Waals surface area contributed by atoms with Crippen LogP contribution in [0.2, 0.25) is 5.02 Å². The summed E-state index contributed by atoms with van der Waals surface area (Å²) < 4.78 is 18.9. The number of para-hydroxylation sites is 1. The third kappa shape index (κ3) is 2.87. The summed E-state index contributed by atoms with van der Waals surface area (Å²) in [6.07, 6.45) is 0. The number of nitro benzene ring substituents is 1. The normalized spacial score (nSPS) is 10.3. The number of hydrogen-bond donors (Lipinski definition) is 1. The Morgan fingerprint density at radius 3 is 2.70 bits per heavy atom.